The van der Waals surface area contributed by atoms with E-state index in [4.69, 9.17) is 4.98 Å². The molecule has 170 valence electrons. The molecule has 0 unspecified atom stereocenters. The van der Waals surface area contributed by atoms with Crippen molar-refractivity contribution in [2.75, 3.05) is 11.9 Å². The molecule has 0 bridgehead atoms. The number of rotatable bonds is 4. The maximum Gasteiger partial charge on any atom is 0.278 e. The van der Waals surface area contributed by atoms with Crippen LogP contribution in [0.2, 0.25) is 0 Å². The van der Waals surface area contributed by atoms with Gasteiger partial charge in [-0.15, -0.1) is 0 Å². The Hall–Kier alpha value is -3.45. The smallest absolute Gasteiger partial charge is 0.278 e. The fourth-order valence-electron chi connectivity index (χ4n) is 4.43. The summed E-state index contributed by atoms with van der Waals surface area (Å²) in [5, 5.41) is 7.26. The van der Waals surface area contributed by atoms with E-state index < -0.39 is 0 Å². The summed E-state index contributed by atoms with van der Waals surface area (Å²) >= 11 is 0. The molecule has 0 atom stereocenters. The Labute approximate surface area is 193 Å². The molecular formula is C26H30N6O. The molecule has 2 N–H and O–H groups in total. The van der Waals surface area contributed by atoms with Gasteiger partial charge in [0.25, 0.3) is 5.56 Å². The molecule has 1 aliphatic heterocycles. The predicted molar refractivity (Wildman–Crippen MR) is 133 cm³/mol. The number of hydrogen-bond donors (Lipinski definition) is 2. The van der Waals surface area contributed by atoms with Crippen LogP contribution in [0, 0.1) is 0 Å². The average molecular weight is 443 g/mol. The van der Waals surface area contributed by atoms with Crippen LogP contribution >= 0.6 is 0 Å². The lowest BCUT2D eigenvalue weighted by molar-refractivity contribution is 0.568. The van der Waals surface area contributed by atoms with Crippen molar-refractivity contribution in [3.63, 3.8) is 0 Å². The molecule has 4 aromatic rings. The minimum Gasteiger partial charge on any atom is -0.324 e. The summed E-state index contributed by atoms with van der Waals surface area (Å²) in [6.45, 7) is 10.9. The number of fused-ring (bicyclic) bond motifs is 2. The molecule has 2 aromatic heterocycles. The Morgan fingerprint density at radius 1 is 1.12 bits per heavy atom. The second-order valence-electron chi connectivity index (χ2n) is 9.60. The van der Waals surface area contributed by atoms with Gasteiger partial charge in [0, 0.05) is 25.0 Å². The van der Waals surface area contributed by atoms with Gasteiger partial charge in [-0.05, 0) is 66.3 Å². The Morgan fingerprint density at radius 2 is 1.97 bits per heavy atom. The standard InChI is InChI=1S/C26H30N6O/c1-5-31-24(33)22-16-28-25(29-20-10-9-17-11-12-27-15-18(17)13-20)30-23(22)32(31)21-8-6-7-19(14-21)26(2,3)4/h6-10,13-14,16,27H,5,11-12,15H2,1-4H3,(H,28,29,30). The molecule has 0 spiro atoms. The highest BCUT2D eigenvalue weighted by molar-refractivity contribution is 5.77. The van der Waals surface area contributed by atoms with Gasteiger partial charge in [0.1, 0.15) is 5.39 Å². The highest BCUT2D eigenvalue weighted by Crippen LogP contribution is 2.26. The van der Waals surface area contributed by atoms with Gasteiger partial charge in [0.05, 0.1) is 5.69 Å². The monoisotopic (exact) mass is 442 g/mol. The van der Waals surface area contributed by atoms with Crippen LogP contribution in [-0.2, 0) is 24.9 Å². The SMILES string of the molecule is CCn1c(=O)c2cnc(Nc3ccc4c(c3)CNCC4)nc2n1-c1cccc(C(C)(C)C)c1. The second kappa shape index (κ2) is 8.15. The number of anilines is 2. The summed E-state index contributed by atoms with van der Waals surface area (Å²) in [6, 6.07) is 14.7. The Morgan fingerprint density at radius 3 is 2.76 bits per heavy atom. The van der Waals surface area contributed by atoms with Crippen LogP contribution < -0.4 is 16.2 Å². The first kappa shape index (κ1) is 21.4. The van der Waals surface area contributed by atoms with E-state index in [1.54, 1.807) is 10.9 Å². The molecule has 5 rings (SSSR count). The number of nitrogens with zero attached hydrogens (tertiary/aromatic N) is 4. The average Bonchev–Trinajstić information content (AvgIpc) is 3.09. The first-order chi connectivity index (χ1) is 15.8. The highest BCUT2D eigenvalue weighted by Gasteiger charge is 2.19. The number of aromatic nitrogens is 4. The van der Waals surface area contributed by atoms with Gasteiger partial charge in [0.15, 0.2) is 5.65 Å². The molecule has 1 aliphatic rings. The summed E-state index contributed by atoms with van der Waals surface area (Å²) in [7, 11) is 0. The summed E-state index contributed by atoms with van der Waals surface area (Å²) in [6.07, 6.45) is 2.67. The third-order valence-corrected chi connectivity index (χ3v) is 6.28. The van der Waals surface area contributed by atoms with E-state index in [1.165, 1.54) is 16.7 Å². The zero-order valence-electron chi connectivity index (χ0n) is 19.6. The molecule has 0 fully saturated rings. The minimum atomic E-state index is -0.0833. The minimum absolute atomic E-state index is 0.000683. The van der Waals surface area contributed by atoms with Crippen LogP contribution in [0.4, 0.5) is 11.6 Å². The number of nitrogens with one attached hydrogen (secondary N) is 2. The second-order valence-corrected chi connectivity index (χ2v) is 9.60. The van der Waals surface area contributed by atoms with Crippen molar-refractivity contribution < 1.29 is 0 Å². The first-order valence-electron chi connectivity index (χ1n) is 11.5. The van der Waals surface area contributed by atoms with E-state index in [2.05, 4.69) is 66.7 Å². The molecule has 7 heteroatoms. The van der Waals surface area contributed by atoms with E-state index in [0.717, 1.165) is 30.9 Å². The molecule has 2 aromatic carbocycles. The van der Waals surface area contributed by atoms with Crippen LogP contribution in [0.15, 0.2) is 53.5 Å². The molecule has 0 saturated carbocycles. The van der Waals surface area contributed by atoms with Gasteiger partial charge in [-0.1, -0.05) is 39.0 Å². The lowest BCUT2D eigenvalue weighted by Gasteiger charge is -2.20. The van der Waals surface area contributed by atoms with Crippen molar-refractivity contribution in [2.45, 2.75) is 52.6 Å². The third-order valence-electron chi connectivity index (χ3n) is 6.28. The quantitative estimate of drug-likeness (QED) is 0.493. The van der Waals surface area contributed by atoms with Crippen molar-refractivity contribution in [2.24, 2.45) is 0 Å². The fourth-order valence-corrected chi connectivity index (χ4v) is 4.43. The van der Waals surface area contributed by atoms with E-state index in [0.29, 0.717) is 23.5 Å². The van der Waals surface area contributed by atoms with Crippen molar-refractivity contribution in [3.05, 3.63) is 75.7 Å². The summed E-state index contributed by atoms with van der Waals surface area (Å²) in [5.74, 6) is 0.472. The van der Waals surface area contributed by atoms with Crippen molar-refractivity contribution in [1.29, 1.82) is 0 Å². The normalized spacial score (nSPS) is 13.8. The summed E-state index contributed by atoms with van der Waals surface area (Å²) in [5.41, 5.74) is 6.25. The highest BCUT2D eigenvalue weighted by atomic mass is 16.1. The van der Waals surface area contributed by atoms with Crippen LogP contribution in [-0.4, -0.2) is 25.9 Å². The Bertz CT molecular complexity index is 1390. The molecular weight excluding hydrogens is 412 g/mol. The van der Waals surface area contributed by atoms with Crippen LogP contribution in [0.1, 0.15) is 44.4 Å². The predicted octanol–water partition coefficient (Wildman–Crippen LogP) is 4.29. The Balaban J connectivity index is 1.60. The summed E-state index contributed by atoms with van der Waals surface area (Å²) in [4.78, 5) is 22.3. The number of hydrogen-bond acceptors (Lipinski definition) is 5. The Kier molecular flexibility index (Phi) is 5.29. The zero-order valence-corrected chi connectivity index (χ0v) is 19.6. The topological polar surface area (TPSA) is 76.8 Å². The molecule has 33 heavy (non-hydrogen) atoms. The van der Waals surface area contributed by atoms with E-state index in [-0.39, 0.29) is 11.0 Å². The van der Waals surface area contributed by atoms with Crippen molar-refractivity contribution in [3.8, 4) is 5.69 Å². The zero-order chi connectivity index (χ0) is 23.2. The molecule has 7 nitrogen and oxygen atoms in total. The van der Waals surface area contributed by atoms with Crippen LogP contribution in [0.3, 0.4) is 0 Å². The van der Waals surface area contributed by atoms with Crippen LogP contribution in [0.5, 0.6) is 0 Å². The lowest BCUT2D eigenvalue weighted by Crippen LogP contribution is -2.23. The molecule has 3 heterocycles. The van der Waals surface area contributed by atoms with E-state index in [9.17, 15) is 4.79 Å². The summed E-state index contributed by atoms with van der Waals surface area (Å²) < 4.78 is 3.63. The maximum atomic E-state index is 13.1. The van der Waals surface area contributed by atoms with Gasteiger partial charge < -0.3 is 10.6 Å². The van der Waals surface area contributed by atoms with Gasteiger partial charge in [-0.2, -0.15) is 4.98 Å². The van der Waals surface area contributed by atoms with Gasteiger partial charge >= 0.3 is 0 Å². The largest absolute Gasteiger partial charge is 0.324 e. The molecule has 0 saturated heterocycles. The molecule has 0 radical (unpaired) electrons. The van der Waals surface area contributed by atoms with Gasteiger partial charge in [-0.3, -0.25) is 4.79 Å². The van der Waals surface area contributed by atoms with Crippen LogP contribution in [0.25, 0.3) is 16.7 Å². The fraction of sp³-hybridized carbons (Fsp3) is 0.346. The lowest BCUT2D eigenvalue weighted by atomic mass is 9.87. The molecule has 0 aliphatic carbocycles. The molecule has 0 amide bonds. The van der Waals surface area contributed by atoms with Crippen molar-refractivity contribution in [1.82, 2.24) is 24.6 Å². The third kappa shape index (κ3) is 3.93. The number of benzene rings is 2. The van der Waals surface area contributed by atoms with E-state index in [1.807, 2.05) is 23.7 Å². The van der Waals surface area contributed by atoms with Gasteiger partial charge in [-0.25, -0.2) is 14.3 Å². The van der Waals surface area contributed by atoms with E-state index >= 15 is 0 Å². The van der Waals surface area contributed by atoms with Crippen molar-refractivity contribution >= 4 is 22.7 Å². The maximum absolute atomic E-state index is 13.1. The first-order valence-corrected chi connectivity index (χ1v) is 11.5. The van der Waals surface area contributed by atoms with Gasteiger partial charge in [0.2, 0.25) is 5.95 Å².